The summed E-state index contributed by atoms with van der Waals surface area (Å²) in [5.74, 6) is -1.32. The van der Waals surface area contributed by atoms with Crippen LogP contribution in [0.1, 0.15) is 25.3 Å². The average molecular weight is 492 g/mol. The zero-order chi connectivity index (χ0) is 25.4. The maximum Gasteiger partial charge on any atom is 0.463 e. The molecule has 0 atom stereocenters. The lowest BCUT2D eigenvalue weighted by atomic mass is 10.0. The first-order valence-corrected chi connectivity index (χ1v) is 12.3. The van der Waals surface area contributed by atoms with Crippen LogP contribution in [-0.4, -0.2) is 11.9 Å². The highest BCUT2D eigenvalue weighted by Crippen LogP contribution is 2.52. The van der Waals surface area contributed by atoms with E-state index in [-0.39, 0.29) is 28.9 Å². The molecule has 0 bridgehead atoms. The van der Waals surface area contributed by atoms with Gasteiger partial charge in [-0.15, -0.1) is 0 Å². The molecule has 0 saturated heterocycles. The van der Waals surface area contributed by atoms with E-state index in [1.165, 1.54) is 24.3 Å². The second-order valence-electron chi connectivity index (χ2n) is 7.54. The van der Waals surface area contributed by atoms with E-state index in [1.54, 1.807) is 36.4 Å². The second-order valence-corrected chi connectivity index (χ2v) is 9.38. The van der Waals surface area contributed by atoms with Crippen LogP contribution < -0.4 is 23.8 Å². The first-order chi connectivity index (χ1) is 16.8. The molecule has 0 aliphatic carbocycles. The molecule has 0 fully saturated rings. The van der Waals surface area contributed by atoms with Gasteiger partial charge in [0.1, 0.15) is 0 Å². The highest BCUT2D eigenvalue weighted by molar-refractivity contribution is 7.63. The van der Waals surface area contributed by atoms with Gasteiger partial charge in [0.2, 0.25) is 0 Å². The van der Waals surface area contributed by atoms with Gasteiger partial charge < -0.3 is 18.5 Å². The molecule has 0 aliphatic rings. The van der Waals surface area contributed by atoms with Gasteiger partial charge in [-0.2, -0.15) is 0 Å². The summed E-state index contributed by atoms with van der Waals surface area (Å²) in [6, 6.07) is 19.6. The molecule has 8 heteroatoms. The number of hydrogen-bond acceptors (Lipinski definition) is 7. The molecule has 0 N–H and O–H groups in total. The maximum absolute atomic E-state index is 14.5. The lowest BCUT2D eigenvalue weighted by Crippen LogP contribution is -2.20. The minimum atomic E-state index is -4.20. The lowest BCUT2D eigenvalue weighted by molar-refractivity contribution is -0.129. The molecule has 3 aromatic carbocycles. The Kier molecular flexibility index (Phi) is 8.29. The van der Waals surface area contributed by atoms with Crippen molar-refractivity contribution in [1.29, 1.82) is 0 Å². The average Bonchev–Trinajstić information content (AvgIpc) is 2.86. The number of benzene rings is 3. The molecule has 0 amide bonds. The molecule has 0 spiro atoms. The molecule has 0 heterocycles. The summed E-state index contributed by atoms with van der Waals surface area (Å²) in [6.07, 6.45) is 2.01. The predicted molar refractivity (Wildman–Crippen MR) is 134 cm³/mol. The summed E-state index contributed by atoms with van der Waals surface area (Å²) >= 11 is 0. The topological polar surface area (TPSA) is 88.1 Å². The van der Waals surface area contributed by atoms with E-state index >= 15 is 0 Å². The molecule has 35 heavy (non-hydrogen) atoms. The van der Waals surface area contributed by atoms with E-state index < -0.39 is 19.5 Å². The normalized spacial score (nSPS) is 10.8. The Balaban J connectivity index is 2.14. The van der Waals surface area contributed by atoms with Crippen LogP contribution in [0.4, 0.5) is 0 Å². The molecular weight excluding hydrogens is 467 g/mol. The first kappa shape index (κ1) is 25.5. The van der Waals surface area contributed by atoms with Gasteiger partial charge in [0.15, 0.2) is 23.0 Å². The summed E-state index contributed by atoms with van der Waals surface area (Å²) in [5.41, 5.74) is 0.733. The highest BCUT2D eigenvalue weighted by atomic mass is 31.2. The molecule has 3 aromatic rings. The van der Waals surface area contributed by atoms with Crippen molar-refractivity contribution in [2.75, 3.05) is 0 Å². The SMILES string of the molecule is C=CC(=O)Oc1ccccc1OP(=O)(Oc1ccccc1OC(=O)C=C)c1ccccc1C(C)C. The van der Waals surface area contributed by atoms with Crippen molar-refractivity contribution in [2.45, 2.75) is 19.8 Å². The van der Waals surface area contributed by atoms with Crippen LogP contribution in [0, 0.1) is 0 Å². The van der Waals surface area contributed by atoms with Crippen molar-refractivity contribution in [3.63, 3.8) is 0 Å². The van der Waals surface area contributed by atoms with E-state index in [0.717, 1.165) is 17.7 Å². The number of esters is 2. The zero-order valence-electron chi connectivity index (χ0n) is 19.4. The zero-order valence-corrected chi connectivity index (χ0v) is 20.3. The summed E-state index contributed by atoms with van der Waals surface area (Å²) < 4.78 is 37.1. The van der Waals surface area contributed by atoms with Crippen molar-refractivity contribution in [2.24, 2.45) is 0 Å². The van der Waals surface area contributed by atoms with Crippen LogP contribution in [-0.2, 0) is 14.2 Å². The van der Waals surface area contributed by atoms with Crippen LogP contribution in [0.3, 0.4) is 0 Å². The lowest BCUT2D eigenvalue weighted by Gasteiger charge is -2.24. The highest BCUT2D eigenvalue weighted by Gasteiger charge is 2.36. The summed E-state index contributed by atoms with van der Waals surface area (Å²) in [6.45, 7) is 10.7. The smallest absolute Gasteiger partial charge is 0.419 e. The number of ether oxygens (including phenoxy) is 2. The van der Waals surface area contributed by atoms with Crippen molar-refractivity contribution in [1.82, 2.24) is 0 Å². The van der Waals surface area contributed by atoms with Gasteiger partial charge in [-0.1, -0.05) is 69.5 Å². The third kappa shape index (κ3) is 6.28. The number of para-hydroxylation sites is 4. The van der Waals surface area contributed by atoms with Gasteiger partial charge >= 0.3 is 19.5 Å². The third-order valence-electron chi connectivity index (χ3n) is 4.74. The second kappa shape index (κ2) is 11.4. The summed E-state index contributed by atoms with van der Waals surface area (Å²) in [5, 5.41) is 0.310. The Morgan fingerprint density at radius 2 is 1.11 bits per heavy atom. The number of carbonyl (C=O) groups excluding carboxylic acids is 2. The standard InChI is InChI=1S/C27H25O7P/c1-5-26(28)31-21-14-8-10-16-23(21)33-35(30,25-18-12-7-13-20(25)19(3)4)34-24-17-11-9-15-22(24)32-27(29)6-2/h5-19H,1-2H2,3-4H3. The maximum atomic E-state index is 14.5. The Morgan fingerprint density at radius 1 is 0.714 bits per heavy atom. The van der Waals surface area contributed by atoms with Crippen molar-refractivity contribution in [3.05, 3.63) is 104 Å². The molecule has 0 aliphatic heterocycles. The van der Waals surface area contributed by atoms with Crippen LogP contribution >= 0.6 is 7.60 Å². The van der Waals surface area contributed by atoms with Crippen molar-refractivity contribution in [3.8, 4) is 23.0 Å². The quantitative estimate of drug-likeness (QED) is 0.149. The van der Waals surface area contributed by atoms with Gasteiger partial charge in [0.25, 0.3) is 0 Å². The van der Waals surface area contributed by atoms with Crippen LogP contribution in [0.5, 0.6) is 23.0 Å². The van der Waals surface area contributed by atoms with E-state index in [2.05, 4.69) is 13.2 Å². The van der Waals surface area contributed by atoms with E-state index in [4.69, 9.17) is 18.5 Å². The fourth-order valence-corrected chi connectivity index (χ4v) is 5.09. The number of rotatable bonds is 10. The molecule has 0 radical (unpaired) electrons. The van der Waals surface area contributed by atoms with Crippen molar-refractivity contribution >= 4 is 24.8 Å². The molecule has 7 nitrogen and oxygen atoms in total. The number of hydrogen-bond donors (Lipinski definition) is 0. The first-order valence-electron chi connectivity index (χ1n) is 10.7. The summed E-state index contributed by atoms with van der Waals surface area (Å²) in [7, 11) is -4.20. The van der Waals surface area contributed by atoms with Gasteiger partial charge in [-0.3, -0.25) is 0 Å². The minimum absolute atomic E-state index is 0.0187. The Bertz CT molecular complexity index is 1220. The minimum Gasteiger partial charge on any atom is -0.419 e. The fourth-order valence-electron chi connectivity index (χ4n) is 3.12. The third-order valence-corrected chi connectivity index (χ3v) is 6.62. The Labute approximate surface area is 204 Å². The number of carbonyl (C=O) groups is 2. The van der Waals surface area contributed by atoms with Crippen LogP contribution in [0.25, 0.3) is 0 Å². The van der Waals surface area contributed by atoms with Crippen LogP contribution in [0.15, 0.2) is 98.1 Å². The predicted octanol–water partition coefficient (Wildman–Crippen LogP) is 5.97. The molecule has 180 valence electrons. The van der Waals surface area contributed by atoms with E-state index in [1.807, 2.05) is 26.0 Å². The molecule has 0 saturated carbocycles. The van der Waals surface area contributed by atoms with Gasteiger partial charge in [-0.25, -0.2) is 14.2 Å². The summed E-state index contributed by atoms with van der Waals surface area (Å²) in [4.78, 5) is 23.7. The van der Waals surface area contributed by atoms with Gasteiger partial charge in [0, 0.05) is 12.2 Å². The molecule has 0 aromatic heterocycles. The van der Waals surface area contributed by atoms with Crippen molar-refractivity contribution < 1.29 is 32.7 Å². The van der Waals surface area contributed by atoms with E-state index in [0.29, 0.717) is 5.30 Å². The van der Waals surface area contributed by atoms with Crippen LogP contribution in [0.2, 0.25) is 0 Å². The molecular formula is C27H25O7P. The molecule has 0 unspecified atom stereocenters. The molecule has 3 rings (SSSR count). The largest absolute Gasteiger partial charge is 0.463 e. The monoisotopic (exact) mass is 492 g/mol. The Hall–Kier alpha value is -4.09. The fraction of sp³-hybridized carbons (Fsp3) is 0.111. The van der Waals surface area contributed by atoms with E-state index in [9.17, 15) is 14.2 Å². The van der Waals surface area contributed by atoms with Gasteiger partial charge in [0.05, 0.1) is 5.30 Å². The Morgan fingerprint density at radius 3 is 1.54 bits per heavy atom. The van der Waals surface area contributed by atoms with Gasteiger partial charge in [-0.05, 0) is 41.8 Å².